The summed E-state index contributed by atoms with van der Waals surface area (Å²) in [7, 11) is 0. The van der Waals surface area contributed by atoms with Crippen LogP contribution in [0.25, 0.3) is 6.08 Å². The summed E-state index contributed by atoms with van der Waals surface area (Å²) < 4.78 is 23.4. The molecule has 0 saturated carbocycles. The predicted molar refractivity (Wildman–Crippen MR) is 119 cm³/mol. The summed E-state index contributed by atoms with van der Waals surface area (Å²) in [4.78, 5) is 0. The molecule has 5 nitrogen and oxygen atoms in total. The third kappa shape index (κ3) is 3.73. The van der Waals surface area contributed by atoms with E-state index in [2.05, 4.69) is 45.1 Å². The summed E-state index contributed by atoms with van der Waals surface area (Å²) in [5, 5.41) is 10.5. The maximum absolute atomic E-state index is 10.5. The number of hydrogen-bond donors (Lipinski definition) is 1. The number of phenols is 1. The topological polar surface area (TPSA) is 57.2 Å². The van der Waals surface area contributed by atoms with E-state index >= 15 is 0 Å². The molecule has 0 aliphatic carbocycles. The van der Waals surface area contributed by atoms with Crippen LogP contribution in [0.1, 0.15) is 56.2 Å². The Labute approximate surface area is 182 Å². The Morgan fingerprint density at radius 2 is 1.94 bits per heavy atom. The fourth-order valence-electron chi connectivity index (χ4n) is 4.51. The van der Waals surface area contributed by atoms with Crippen molar-refractivity contribution in [3.8, 4) is 28.7 Å². The molecule has 0 amide bonds. The molecule has 5 heteroatoms. The third-order valence-electron chi connectivity index (χ3n) is 6.23. The molecule has 0 bridgehead atoms. The second-order valence-corrected chi connectivity index (χ2v) is 9.01. The van der Waals surface area contributed by atoms with E-state index in [4.69, 9.17) is 18.9 Å². The number of phenolic OH excluding ortho intramolecular Hbond substituents is 1. The van der Waals surface area contributed by atoms with Crippen molar-refractivity contribution >= 4 is 6.08 Å². The number of rotatable bonds is 4. The van der Waals surface area contributed by atoms with Crippen molar-refractivity contribution in [2.24, 2.45) is 0 Å². The van der Waals surface area contributed by atoms with Crippen LogP contribution in [0.2, 0.25) is 0 Å². The zero-order chi connectivity index (χ0) is 21.6. The molecule has 0 spiro atoms. The van der Waals surface area contributed by atoms with E-state index in [0.29, 0.717) is 18.1 Å². The molecule has 2 unspecified atom stereocenters. The van der Waals surface area contributed by atoms with Crippen LogP contribution < -0.4 is 18.9 Å². The first-order chi connectivity index (χ1) is 14.9. The highest BCUT2D eigenvalue weighted by molar-refractivity contribution is 5.70. The number of hydrogen-bond acceptors (Lipinski definition) is 5. The van der Waals surface area contributed by atoms with E-state index in [9.17, 15) is 5.11 Å². The van der Waals surface area contributed by atoms with Gasteiger partial charge in [-0.3, -0.25) is 0 Å². The maximum atomic E-state index is 10.5. The molecule has 3 heterocycles. The fraction of sp³-hybridized carbons (Fsp3) is 0.385. The number of allylic oxidation sites excluding steroid dienone is 2. The zero-order valence-corrected chi connectivity index (χ0v) is 18.2. The van der Waals surface area contributed by atoms with Crippen molar-refractivity contribution in [1.29, 1.82) is 0 Å². The van der Waals surface area contributed by atoms with Crippen molar-refractivity contribution in [2.45, 2.75) is 51.6 Å². The van der Waals surface area contributed by atoms with Crippen LogP contribution in [-0.2, 0) is 6.42 Å². The van der Waals surface area contributed by atoms with Crippen LogP contribution in [0, 0.1) is 0 Å². The van der Waals surface area contributed by atoms with E-state index in [0.717, 1.165) is 47.5 Å². The van der Waals surface area contributed by atoms with Gasteiger partial charge in [-0.2, -0.15) is 0 Å². The molecule has 2 aromatic carbocycles. The van der Waals surface area contributed by atoms with Crippen molar-refractivity contribution in [3.63, 3.8) is 0 Å². The van der Waals surface area contributed by atoms with E-state index < -0.39 is 0 Å². The number of ether oxygens (including phenoxy) is 4. The second-order valence-electron chi connectivity index (χ2n) is 9.01. The van der Waals surface area contributed by atoms with Crippen molar-refractivity contribution in [3.05, 3.63) is 58.7 Å². The first kappa shape index (κ1) is 19.9. The Balaban J connectivity index is 1.37. The normalized spacial score (nSPS) is 22.7. The minimum atomic E-state index is -0.317. The Morgan fingerprint density at radius 3 is 2.74 bits per heavy atom. The average Bonchev–Trinajstić information content (AvgIpc) is 3.19. The lowest BCUT2D eigenvalue weighted by molar-refractivity contribution is 0.127. The van der Waals surface area contributed by atoms with Crippen molar-refractivity contribution < 1.29 is 24.1 Å². The third-order valence-corrected chi connectivity index (χ3v) is 6.23. The first-order valence-electron chi connectivity index (χ1n) is 10.8. The van der Waals surface area contributed by atoms with Gasteiger partial charge in [0.25, 0.3) is 0 Å². The lowest BCUT2D eigenvalue weighted by Crippen LogP contribution is -2.32. The van der Waals surface area contributed by atoms with E-state index in [1.807, 2.05) is 12.1 Å². The largest absolute Gasteiger partial charge is 0.508 e. The van der Waals surface area contributed by atoms with Gasteiger partial charge in [-0.1, -0.05) is 17.7 Å². The molecule has 0 radical (unpaired) electrons. The molecule has 31 heavy (non-hydrogen) atoms. The van der Waals surface area contributed by atoms with E-state index in [1.54, 1.807) is 6.07 Å². The predicted octanol–water partition coefficient (Wildman–Crippen LogP) is 5.75. The number of aromatic hydroxyl groups is 1. The average molecular weight is 421 g/mol. The lowest BCUT2D eigenvalue weighted by atomic mass is 9.87. The SMILES string of the molecule is CC(C)=CCCC1(C)C=Cc2c(ccc3c2OCC(c2cc4c(cc2O)OCO4)C3)O1. The summed E-state index contributed by atoms with van der Waals surface area (Å²) in [6, 6.07) is 7.63. The molecule has 0 saturated heterocycles. The lowest BCUT2D eigenvalue weighted by Gasteiger charge is -2.34. The minimum absolute atomic E-state index is 0.0443. The van der Waals surface area contributed by atoms with Gasteiger partial charge in [0.05, 0.1) is 12.2 Å². The van der Waals surface area contributed by atoms with Crippen LogP contribution in [0.5, 0.6) is 28.7 Å². The molecule has 2 aromatic rings. The Morgan fingerprint density at radius 1 is 1.13 bits per heavy atom. The highest BCUT2D eigenvalue weighted by atomic mass is 16.7. The first-order valence-corrected chi connectivity index (χ1v) is 10.8. The van der Waals surface area contributed by atoms with Gasteiger partial charge >= 0.3 is 0 Å². The van der Waals surface area contributed by atoms with Gasteiger partial charge in [0.1, 0.15) is 22.8 Å². The highest BCUT2D eigenvalue weighted by Gasteiger charge is 2.32. The zero-order valence-electron chi connectivity index (χ0n) is 18.2. The van der Waals surface area contributed by atoms with Crippen molar-refractivity contribution in [2.75, 3.05) is 13.4 Å². The molecular formula is C26H28O5. The Kier molecular flexibility index (Phi) is 4.84. The molecular weight excluding hydrogens is 392 g/mol. The number of fused-ring (bicyclic) bond motifs is 4. The summed E-state index contributed by atoms with van der Waals surface area (Å²) in [6.07, 6.45) is 9.23. The van der Waals surface area contributed by atoms with Gasteiger partial charge in [0.15, 0.2) is 11.5 Å². The monoisotopic (exact) mass is 420 g/mol. The van der Waals surface area contributed by atoms with Gasteiger partial charge < -0.3 is 24.1 Å². The number of benzene rings is 2. The molecule has 1 N–H and O–H groups in total. The molecule has 2 atom stereocenters. The van der Waals surface area contributed by atoms with Gasteiger partial charge in [-0.05, 0) is 69.9 Å². The van der Waals surface area contributed by atoms with Crippen molar-refractivity contribution in [1.82, 2.24) is 0 Å². The second kappa shape index (κ2) is 7.56. The van der Waals surface area contributed by atoms with Crippen LogP contribution in [0.15, 0.2) is 42.0 Å². The van der Waals surface area contributed by atoms with Gasteiger partial charge in [-0.15, -0.1) is 0 Å². The van der Waals surface area contributed by atoms with E-state index in [-0.39, 0.29) is 24.1 Å². The minimum Gasteiger partial charge on any atom is -0.508 e. The summed E-state index contributed by atoms with van der Waals surface area (Å²) in [6.45, 7) is 7.05. The van der Waals surface area contributed by atoms with Crippen LogP contribution in [-0.4, -0.2) is 24.1 Å². The fourth-order valence-corrected chi connectivity index (χ4v) is 4.51. The summed E-state index contributed by atoms with van der Waals surface area (Å²) in [5.41, 5.74) is 3.96. The molecule has 162 valence electrons. The smallest absolute Gasteiger partial charge is 0.231 e. The molecule has 0 aromatic heterocycles. The molecule has 3 aliphatic heterocycles. The molecule has 5 rings (SSSR count). The van der Waals surface area contributed by atoms with Crippen LogP contribution >= 0.6 is 0 Å². The molecule has 3 aliphatic rings. The summed E-state index contributed by atoms with van der Waals surface area (Å²) >= 11 is 0. The maximum Gasteiger partial charge on any atom is 0.231 e. The van der Waals surface area contributed by atoms with E-state index in [1.165, 1.54) is 5.57 Å². The van der Waals surface area contributed by atoms with Crippen LogP contribution in [0.3, 0.4) is 0 Å². The Hall–Kier alpha value is -3.08. The van der Waals surface area contributed by atoms with Gasteiger partial charge in [-0.25, -0.2) is 0 Å². The standard InChI is InChI=1S/C26H28O5/c1-16(2)5-4-9-26(3)10-8-19-22(31-26)7-6-17-11-18(14-28-25(17)19)20-12-23-24(13-21(20)27)30-15-29-23/h5-8,10,12-13,18,27H,4,9,11,14-15H2,1-3H3. The summed E-state index contributed by atoms with van der Waals surface area (Å²) in [5.74, 6) is 3.27. The van der Waals surface area contributed by atoms with Gasteiger partial charge in [0.2, 0.25) is 6.79 Å². The highest BCUT2D eigenvalue weighted by Crippen LogP contribution is 2.46. The van der Waals surface area contributed by atoms with Gasteiger partial charge in [0, 0.05) is 17.5 Å². The Bertz CT molecular complexity index is 1080. The quantitative estimate of drug-likeness (QED) is 0.638. The molecule has 0 fully saturated rings. The van der Waals surface area contributed by atoms with Crippen LogP contribution in [0.4, 0.5) is 0 Å².